The number of hydrogen-bond donors (Lipinski definition) is 3. The van der Waals surface area contributed by atoms with E-state index in [9.17, 15) is 9.59 Å². The Bertz CT molecular complexity index is 470. The monoisotopic (exact) mass is 311 g/mol. The maximum atomic E-state index is 12.0. The third kappa shape index (κ3) is 4.42. The predicted octanol–water partition coefficient (Wildman–Crippen LogP) is 2.54. The molecule has 2 rings (SSSR count). The smallest absolute Gasteiger partial charge is 0.315 e. The van der Waals surface area contributed by atoms with Gasteiger partial charge in [-0.2, -0.15) is 0 Å². The second kappa shape index (κ2) is 7.40. The summed E-state index contributed by atoms with van der Waals surface area (Å²) in [5.74, 6) is -0.988. The maximum Gasteiger partial charge on any atom is 0.315 e. The van der Waals surface area contributed by atoms with Gasteiger partial charge in [-0.1, -0.05) is 6.92 Å². The van der Waals surface area contributed by atoms with Crippen molar-refractivity contribution in [3.8, 4) is 0 Å². The molecule has 1 aliphatic rings. The highest BCUT2D eigenvalue weighted by Crippen LogP contribution is 2.24. The lowest BCUT2D eigenvalue weighted by Gasteiger charge is -2.27. The van der Waals surface area contributed by atoms with Gasteiger partial charge in [0.1, 0.15) is 5.01 Å². The molecule has 21 heavy (non-hydrogen) atoms. The van der Waals surface area contributed by atoms with Crippen molar-refractivity contribution in [1.29, 1.82) is 0 Å². The van der Waals surface area contributed by atoms with Crippen LogP contribution >= 0.6 is 11.3 Å². The van der Waals surface area contributed by atoms with Gasteiger partial charge >= 0.3 is 12.0 Å². The lowest BCUT2D eigenvalue weighted by Crippen LogP contribution is -2.45. The molecular weight excluding hydrogens is 290 g/mol. The Labute approximate surface area is 128 Å². The van der Waals surface area contributed by atoms with Gasteiger partial charge in [-0.15, -0.1) is 11.3 Å². The van der Waals surface area contributed by atoms with E-state index in [0.717, 1.165) is 24.3 Å². The number of aliphatic carboxylic acids is 1. The number of hydrogen-bond acceptors (Lipinski definition) is 4. The second-order valence-corrected chi connectivity index (χ2v) is 6.26. The van der Waals surface area contributed by atoms with Crippen LogP contribution in [0.5, 0.6) is 0 Å². The summed E-state index contributed by atoms with van der Waals surface area (Å²) in [6, 6.07) is -0.203. The van der Waals surface area contributed by atoms with E-state index in [-0.39, 0.29) is 24.0 Å². The van der Waals surface area contributed by atoms with Gasteiger partial charge in [0.2, 0.25) is 0 Å². The number of carboxylic acids is 1. The number of rotatable bonds is 5. The van der Waals surface area contributed by atoms with Gasteiger partial charge in [0.15, 0.2) is 0 Å². The predicted molar refractivity (Wildman–Crippen MR) is 80.2 cm³/mol. The van der Waals surface area contributed by atoms with Crippen LogP contribution in [0.4, 0.5) is 4.79 Å². The number of carbonyl (C=O) groups excluding carboxylic acids is 1. The van der Waals surface area contributed by atoms with Crippen molar-refractivity contribution >= 4 is 23.3 Å². The molecule has 1 fully saturated rings. The van der Waals surface area contributed by atoms with E-state index in [1.54, 1.807) is 6.20 Å². The second-order valence-electron chi connectivity index (χ2n) is 5.34. The summed E-state index contributed by atoms with van der Waals surface area (Å²) in [7, 11) is 0. The van der Waals surface area contributed by atoms with Crippen molar-refractivity contribution < 1.29 is 14.7 Å². The zero-order chi connectivity index (χ0) is 15.2. The van der Waals surface area contributed by atoms with Crippen LogP contribution in [0, 0.1) is 5.92 Å². The number of carbonyl (C=O) groups is 2. The van der Waals surface area contributed by atoms with Crippen LogP contribution in [-0.2, 0) is 4.79 Å². The first-order valence-corrected chi connectivity index (χ1v) is 8.17. The van der Waals surface area contributed by atoms with Crippen LogP contribution < -0.4 is 10.6 Å². The largest absolute Gasteiger partial charge is 0.481 e. The van der Waals surface area contributed by atoms with Crippen LogP contribution in [0.2, 0.25) is 0 Å². The molecule has 1 unspecified atom stereocenters. The van der Waals surface area contributed by atoms with Crippen molar-refractivity contribution in [2.75, 3.05) is 0 Å². The number of urea groups is 1. The summed E-state index contributed by atoms with van der Waals surface area (Å²) in [6.07, 6.45) is 5.22. The zero-order valence-electron chi connectivity index (χ0n) is 12.0. The molecule has 1 heterocycles. The Morgan fingerprint density at radius 2 is 2.14 bits per heavy atom. The van der Waals surface area contributed by atoms with E-state index in [2.05, 4.69) is 15.6 Å². The fraction of sp³-hybridized carbons (Fsp3) is 0.643. The lowest BCUT2D eigenvalue weighted by molar-refractivity contribution is -0.142. The highest BCUT2D eigenvalue weighted by molar-refractivity contribution is 7.09. The molecule has 0 aliphatic heterocycles. The van der Waals surface area contributed by atoms with E-state index in [0.29, 0.717) is 12.8 Å². The molecule has 0 radical (unpaired) electrons. The summed E-state index contributed by atoms with van der Waals surface area (Å²) in [6.45, 7) is 2.00. The van der Waals surface area contributed by atoms with Crippen molar-refractivity contribution in [2.24, 2.45) is 5.92 Å². The Morgan fingerprint density at radius 1 is 1.43 bits per heavy atom. The van der Waals surface area contributed by atoms with Crippen molar-refractivity contribution in [3.63, 3.8) is 0 Å². The first-order chi connectivity index (χ1) is 10.1. The molecule has 1 aromatic rings. The van der Waals surface area contributed by atoms with Gasteiger partial charge in [-0.25, -0.2) is 9.78 Å². The SMILES string of the molecule is CCC(NC(=O)NC1CCC(C(=O)O)CC1)c1nccs1. The van der Waals surface area contributed by atoms with Gasteiger partial charge in [0.05, 0.1) is 12.0 Å². The quantitative estimate of drug-likeness (QED) is 0.779. The molecule has 1 atom stereocenters. The molecular formula is C14H21N3O3S. The number of thiazole rings is 1. The van der Waals surface area contributed by atoms with Crippen molar-refractivity contribution in [3.05, 3.63) is 16.6 Å². The summed E-state index contributed by atoms with van der Waals surface area (Å²) < 4.78 is 0. The maximum absolute atomic E-state index is 12.0. The highest BCUT2D eigenvalue weighted by atomic mass is 32.1. The number of carboxylic acid groups (broad SMARTS) is 1. The molecule has 0 bridgehead atoms. The van der Waals surface area contributed by atoms with Crippen LogP contribution in [0.15, 0.2) is 11.6 Å². The molecule has 0 aromatic carbocycles. The van der Waals surface area contributed by atoms with Gasteiger partial charge in [0, 0.05) is 17.6 Å². The minimum absolute atomic E-state index is 0.0643. The van der Waals surface area contributed by atoms with Gasteiger partial charge < -0.3 is 15.7 Å². The van der Waals surface area contributed by atoms with E-state index in [1.165, 1.54) is 11.3 Å². The fourth-order valence-electron chi connectivity index (χ4n) is 2.61. The number of nitrogens with zero attached hydrogens (tertiary/aromatic N) is 1. The van der Waals surface area contributed by atoms with Gasteiger partial charge in [0.25, 0.3) is 0 Å². The molecule has 1 saturated carbocycles. The fourth-order valence-corrected chi connectivity index (χ4v) is 3.39. The number of aromatic nitrogens is 1. The number of nitrogens with one attached hydrogen (secondary N) is 2. The summed E-state index contributed by atoms with van der Waals surface area (Å²) >= 11 is 1.53. The van der Waals surface area contributed by atoms with Crippen LogP contribution in [0.25, 0.3) is 0 Å². The minimum Gasteiger partial charge on any atom is -0.481 e. The summed E-state index contributed by atoms with van der Waals surface area (Å²) in [4.78, 5) is 27.2. The van der Waals surface area contributed by atoms with Crippen molar-refractivity contribution in [2.45, 2.75) is 51.1 Å². The lowest BCUT2D eigenvalue weighted by atomic mass is 9.86. The van der Waals surface area contributed by atoms with Gasteiger partial charge in [-0.05, 0) is 32.1 Å². The third-order valence-electron chi connectivity index (χ3n) is 3.87. The molecule has 0 spiro atoms. The molecule has 1 aliphatic carbocycles. The Hall–Kier alpha value is -1.63. The first-order valence-electron chi connectivity index (χ1n) is 7.29. The van der Waals surface area contributed by atoms with Crippen molar-refractivity contribution in [1.82, 2.24) is 15.6 Å². The average molecular weight is 311 g/mol. The molecule has 116 valence electrons. The molecule has 1 aromatic heterocycles. The van der Waals surface area contributed by atoms with E-state index in [1.807, 2.05) is 12.3 Å². The normalized spacial score (nSPS) is 23.3. The molecule has 3 N–H and O–H groups in total. The molecule has 7 heteroatoms. The van der Waals surface area contributed by atoms with Crippen LogP contribution in [0.1, 0.15) is 50.1 Å². The Morgan fingerprint density at radius 3 is 2.67 bits per heavy atom. The molecule has 6 nitrogen and oxygen atoms in total. The standard InChI is InChI=1S/C14H21N3O3S/c1-2-11(12-15-7-8-21-12)17-14(20)16-10-5-3-9(4-6-10)13(18)19/h7-11H,2-6H2,1H3,(H,18,19)(H2,16,17,20). The van der Waals surface area contributed by atoms with Gasteiger partial charge in [-0.3, -0.25) is 4.79 Å². The minimum atomic E-state index is -0.729. The Balaban J connectivity index is 1.78. The average Bonchev–Trinajstić information content (AvgIpc) is 2.99. The molecule has 0 saturated heterocycles. The van der Waals surface area contributed by atoms with E-state index < -0.39 is 5.97 Å². The van der Waals surface area contributed by atoms with Crippen LogP contribution in [0.3, 0.4) is 0 Å². The summed E-state index contributed by atoms with van der Waals surface area (Å²) in [5.41, 5.74) is 0. The topological polar surface area (TPSA) is 91.3 Å². The molecule has 2 amide bonds. The summed E-state index contributed by atoms with van der Waals surface area (Å²) in [5, 5.41) is 17.6. The number of amides is 2. The Kier molecular flexibility index (Phi) is 5.55. The van der Waals surface area contributed by atoms with Crippen LogP contribution in [-0.4, -0.2) is 28.1 Å². The van der Waals surface area contributed by atoms with E-state index >= 15 is 0 Å². The third-order valence-corrected chi connectivity index (χ3v) is 4.76. The van der Waals surface area contributed by atoms with E-state index in [4.69, 9.17) is 5.11 Å². The highest BCUT2D eigenvalue weighted by Gasteiger charge is 2.27. The zero-order valence-corrected chi connectivity index (χ0v) is 12.9. The first kappa shape index (κ1) is 15.8.